The van der Waals surface area contributed by atoms with Crippen LogP contribution in [0.3, 0.4) is 0 Å². The number of benzene rings is 1. The summed E-state index contributed by atoms with van der Waals surface area (Å²) in [6.45, 7) is 1.10. The van der Waals surface area contributed by atoms with Crippen molar-refractivity contribution in [3.05, 3.63) is 34.9 Å². The first-order valence-electron chi connectivity index (χ1n) is 4.36. The van der Waals surface area contributed by atoms with Crippen molar-refractivity contribution in [1.82, 2.24) is 0 Å². The summed E-state index contributed by atoms with van der Waals surface area (Å²) in [5.74, 6) is -4.39. The second kappa shape index (κ2) is 4.35. The zero-order valence-corrected chi connectivity index (χ0v) is 8.13. The molecule has 0 aliphatic heterocycles. The average molecular weight is 215 g/mol. The molecule has 0 saturated heterocycles. The lowest BCUT2D eigenvalue weighted by molar-refractivity contribution is -0.138. The van der Waals surface area contributed by atoms with E-state index in [1.54, 1.807) is 0 Å². The molecular formula is C10H11F2NO2. The number of carbonyl (C=O) groups is 1. The van der Waals surface area contributed by atoms with Crippen LogP contribution in [0, 0.1) is 18.6 Å². The molecule has 1 aromatic rings. The van der Waals surface area contributed by atoms with E-state index in [2.05, 4.69) is 0 Å². The molecule has 0 aromatic heterocycles. The highest BCUT2D eigenvalue weighted by Crippen LogP contribution is 2.24. The highest BCUT2D eigenvalue weighted by Gasteiger charge is 2.26. The Hall–Kier alpha value is -1.49. The second-order valence-electron chi connectivity index (χ2n) is 3.22. The second-order valence-corrected chi connectivity index (χ2v) is 3.22. The van der Waals surface area contributed by atoms with Gasteiger partial charge >= 0.3 is 5.97 Å². The van der Waals surface area contributed by atoms with E-state index in [1.807, 2.05) is 0 Å². The Morgan fingerprint density at radius 1 is 1.53 bits per heavy atom. The molecule has 1 aromatic carbocycles. The van der Waals surface area contributed by atoms with Crippen LogP contribution in [0.25, 0.3) is 0 Å². The van der Waals surface area contributed by atoms with E-state index in [0.29, 0.717) is 0 Å². The molecule has 3 N–H and O–H groups in total. The Bertz CT molecular complexity index is 393. The summed E-state index contributed by atoms with van der Waals surface area (Å²) in [6.07, 6.45) is 0. The monoisotopic (exact) mass is 215 g/mol. The summed E-state index contributed by atoms with van der Waals surface area (Å²) >= 11 is 0. The van der Waals surface area contributed by atoms with Crippen molar-refractivity contribution >= 4 is 5.97 Å². The van der Waals surface area contributed by atoms with E-state index >= 15 is 0 Å². The minimum absolute atomic E-state index is 0.200. The Kier molecular flexibility index (Phi) is 3.36. The van der Waals surface area contributed by atoms with Crippen LogP contribution in [0.15, 0.2) is 12.1 Å². The topological polar surface area (TPSA) is 63.3 Å². The largest absolute Gasteiger partial charge is 0.481 e. The predicted molar refractivity (Wildman–Crippen MR) is 50.5 cm³/mol. The van der Waals surface area contributed by atoms with E-state index < -0.39 is 29.1 Å². The van der Waals surface area contributed by atoms with Gasteiger partial charge in [0.05, 0.1) is 5.92 Å². The first kappa shape index (κ1) is 11.6. The van der Waals surface area contributed by atoms with Crippen molar-refractivity contribution in [3.8, 4) is 0 Å². The number of hydrogen-bond acceptors (Lipinski definition) is 2. The van der Waals surface area contributed by atoms with Gasteiger partial charge in [0.25, 0.3) is 0 Å². The normalized spacial score (nSPS) is 12.5. The third-order valence-electron chi connectivity index (χ3n) is 2.20. The minimum atomic E-state index is -1.34. The molecule has 5 heteroatoms. The van der Waals surface area contributed by atoms with Crippen molar-refractivity contribution in [2.24, 2.45) is 5.73 Å². The molecule has 3 nitrogen and oxygen atoms in total. The van der Waals surface area contributed by atoms with E-state index in [0.717, 1.165) is 6.07 Å². The molecule has 0 saturated carbocycles. The van der Waals surface area contributed by atoms with E-state index in [-0.39, 0.29) is 12.1 Å². The highest BCUT2D eigenvalue weighted by molar-refractivity contribution is 5.76. The van der Waals surface area contributed by atoms with E-state index in [1.165, 1.54) is 13.0 Å². The molecule has 0 radical (unpaired) electrons. The van der Waals surface area contributed by atoms with Gasteiger partial charge in [0, 0.05) is 12.1 Å². The number of halogens is 2. The molecule has 0 spiro atoms. The Morgan fingerprint density at radius 3 is 2.60 bits per heavy atom. The van der Waals surface area contributed by atoms with Crippen molar-refractivity contribution in [1.29, 1.82) is 0 Å². The van der Waals surface area contributed by atoms with Gasteiger partial charge in [0.15, 0.2) is 0 Å². The van der Waals surface area contributed by atoms with E-state index in [9.17, 15) is 13.6 Å². The average Bonchev–Trinajstić information content (AvgIpc) is 2.18. The maximum atomic E-state index is 13.5. The van der Waals surface area contributed by atoms with Gasteiger partial charge in [0.2, 0.25) is 0 Å². The Labute approximate surface area is 85.5 Å². The van der Waals surface area contributed by atoms with Crippen LogP contribution in [-0.4, -0.2) is 17.6 Å². The molecule has 0 fully saturated rings. The number of hydrogen-bond donors (Lipinski definition) is 2. The lowest BCUT2D eigenvalue weighted by atomic mass is 9.96. The third kappa shape index (κ3) is 2.12. The first-order valence-corrected chi connectivity index (χ1v) is 4.36. The summed E-state index contributed by atoms with van der Waals surface area (Å²) in [5.41, 5.74) is 4.91. The molecular weight excluding hydrogens is 204 g/mol. The molecule has 1 rings (SSSR count). The summed E-state index contributed by atoms with van der Waals surface area (Å²) in [4.78, 5) is 10.7. The van der Waals surface area contributed by atoms with Gasteiger partial charge in [-0.3, -0.25) is 4.79 Å². The Morgan fingerprint density at radius 2 is 2.13 bits per heavy atom. The highest BCUT2D eigenvalue weighted by atomic mass is 19.1. The molecule has 1 unspecified atom stereocenters. The van der Waals surface area contributed by atoms with Crippen molar-refractivity contribution in [2.45, 2.75) is 12.8 Å². The molecule has 0 aliphatic carbocycles. The first-order chi connectivity index (χ1) is 6.99. The van der Waals surface area contributed by atoms with Crippen molar-refractivity contribution in [3.63, 3.8) is 0 Å². The zero-order valence-electron chi connectivity index (χ0n) is 8.13. The van der Waals surface area contributed by atoms with Gasteiger partial charge < -0.3 is 10.8 Å². The van der Waals surface area contributed by atoms with Crippen LogP contribution in [0.1, 0.15) is 17.0 Å². The molecule has 0 bridgehead atoms. The fraction of sp³-hybridized carbons (Fsp3) is 0.300. The molecule has 0 amide bonds. The fourth-order valence-corrected chi connectivity index (χ4v) is 1.34. The van der Waals surface area contributed by atoms with Crippen molar-refractivity contribution in [2.75, 3.05) is 6.54 Å². The number of aliphatic carboxylic acids is 1. The van der Waals surface area contributed by atoms with Crippen LogP contribution in [0.5, 0.6) is 0 Å². The van der Waals surface area contributed by atoms with Crippen molar-refractivity contribution < 1.29 is 18.7 Å². The summed E-state index contributed by atoms with van der Waals surface area (Å²) < 4.78 is 26.8. The summed E-state index contributed by atoms with van der Waals surface area (Å²) in [6, 6.07) is 2.29. The maximum absolute atomic E-state index is 13.5. The number of carboxylic acid groups (broad SMARTS) is 1. The molecule has 0 aliphatic rings. The molecule has 82 valence electrons. The van der Waals surface area contributed by atoms with Crippen LogP contribution in [-0.2, 0) is 4.79 Å². The fourth-order valence-electron chi connectivity index (χ4n) is 1.34. The Balaban J connectivity index is 3.34. The SMILES string of the molecule is Cc1ccc(F)c(C(CN)C(=O)O)c1F. The molecule has 0 heterocycles. The quantitative estimate of drug-likeness (QED) is 0.801. The maximum Gasteiger partial charge on any atom is 0.312 e. The smallest absolute Gasteiger partial charge is 0.312 e. The number of rotatable bonds is 3. The van der Waals surface area contributed by atoms with Crippen LogP contribution < -0.4 is 5.73 Å². The zero-order chi connectivity index (χ0) is 11.6. The number of nitrogens with two attached hydrogens (primary N) is 1. The van der Waals surface area contributed by atoms with Crippen LogP contribution >= 0.6 is 0 Å². The summed E-state index contributed by atoms with van der Waals surface area (Å²) in [7, 11) is 0. The lowest BCUT2D eigenvalue weighted by Gasteiger charge is -2.13. The molecule has 1 atom stereocenters. The predicted octanol–water partition coefficient (Wildman–Crippen LogP) is 1.40. The van der Waals surface area contributed by atoms with Gasteiger partial charge in [-0.25, -0.2) is 8.78 Å². The lowest BCUT2D eigenvalue weighted by Crippen LogP contribution is -2.23. The number of carboxylic acids is 1. The summed E-state index contributed by atoms with van der Waals surface area (Å²) in [5, 5.41) is 8.75. The molecule has 15 heavy (non-hydrogen) atoms. The van der Waals surface area contributed by atoms with Gasteiger partial charge in [-0.1, -0.05) is 6.07 Å². The van der Waals surface area contributed by atoms with Gasteiger partial charge in [0.1, 0.15) is 11.6 Å². The third-order valence-corrected chi connectivity index (χ3v) is 2.20. The van der Waals surface area contributed by atoms with Gasteiger partial charge in [-0.15, -0.1) is 0 Å². The van der Waals surface area contributed by atoms with Crippen LogP contribution in [0.4, 0.5) is 8.78 Å². The van der Waals surface area contributed by atoms with E-state index in [4.69, 9.17) is 10.8 Å². The standard InChI is InChI=1S/C10H11F2NO2/c1-5-2-3-7(11)8(9(5)12)6(4-13)10(14)15/h2-3,6H,4,13H2,1H3,(H,14,15). The van der Waals surface area contributed by atoms with Crippen LogP contribution in [0.2, 0.25) is 0 Å². The number of aryl methyl sites for hydroxylation is 1. The van der Waals surface area contributed by atoms with Gasteiger partial charge in [-0.2, -0.15) is 0 Å². The minimum Gasteiger partial charge on any atom is -0.481 e. The van der Waals surface area contributed by atoms with Gasteiger partial charge in [-0.05, 0) is 18.6 Å².